The first-order valence-corrected chi connectivity index (χ1v) is 9.02. The van der Waals surface area contributed by atoms with Crippen molar-refractivity contribution < 1.29 is 9.47 Å². The molecule has 1 aliphatic heterocycles. The maximum atomic E-state index is 9.16. The Kier molecular flexibility index (Phi) is 5.38. The Morgan fingerprint density at radius 1 is 1.15 bits per heavy atom. The van der Waals surface area contributed by atoms with Crippen LogP contribution < -0.4 is 14.4 Å². The first kappa shape index (κ1) is 18.9. The van der Waals surface area contributed by atoms with Gasteiger partial charge < -0.3 is 14.4 Å². The molecule has 136 valence electrons. The van der Waals surface area contributed by atoms with Gasteiger partial charge in [0.15, 0.2) is 22.5 Å². The Balaban J connectivity index is 2.08. The van der Waals surface area contributed by atoms with Crippen LogP contribution in [-0.2, 0) is 6.42 Å². The predicted octanol–water partition coefficient (Wildman–Crippen LogP) is 5.05. The quantitative estimate of drug-likeness (QED) is 0.660. The van der Waals surface area contributed by atoms with Crippen molar-refractivity contribution in [3.05, 3.63) is 44.0 Å². The highest BCUT2D eigenvalue weighted by molar-refractivity contribution is 6.45. The predicted molar refractivity (Wildman–Crippen MR) is 103 cm³/mol. The molecule has 1 aromatic carbocycles. The molecular formula is C18H16Cl3N3O2. The van der Waals surface area contributed by atoms with Gasteiger partial charge in [-0.15, -0.1) is 0 Å². The summed E-state index contributed by atoms with van der Waals surface area (Å²) < 4.78 is 10.8. The Bertz CT molecular complexity index is 912. The number of nitriles is 1. The molecule has 0 amide bonds. The highest BCUT2D eigenvalue weighted by Crippen LogP contribution is 2.43. The third kappa shape index (κ3) is 3.03. The zero-order chi connectivity index (χ0) is 19.0. The summed E-state index contributed by atoms with van der Waals surface area (Å²) in [5, 5.41) is 9.55. The van der Waals surface area contributed by atoms with Gasteiger partial charge in [-0.2, -0.15) is 5.26 Å². The molecule has 1 aromatic heterocycles. The molecule has 0 saturated carbocycles. The standard InChI is InChI=1S/C18H16Cl3N3O2/c1-9-11-7-14(26-3)13(25-2)6-10(11)4-5-24(9)18-16(20)15(19)12(8-22)17(21)23-18/h6-7,9H,4-5H2,1-3H3. The van der Waals surface area contributed by atoms with E-state index in [0.717, 1.165) is 12.0 Å². The van der Waals surface area contributed by atoms with Crippen LogP contribution in [0, 0.1) is 11.3 Å². The molecular weight excluding hydrogens is 397 g/mol. The van der Waals surface area contributed by atoms with Crippen molar-refractivity contribution in [2.75, 3.05) is 25.7 Å². The Labute approximate surface area is 167 Å². The number of nitrogens with zero attached hydrogens (tertiary/aromatic N) is 3. The second-order valence-electron chi connectivity index (χ2n) is 5.87. The molecule has 1 atom stereocenters. The number of anilines is 1. The first-order chi connectivity index (χ1) is 12.4. The van der Waals surface area contributed by atoms with Crippen molar-refractivity contribution in [2.45, 2.75) is 19.4 Å². The minimum atomic E-state index is -0.0383. The Morgan fingerprint density at radius 3 is 2.42 bits per heavy atom. The fraction of sp³-hybridized carbons (Fsp3) is 0.333. The third-order valence-corrected chi connectivity index (χ3v) is 5.69. The second-order valence-corrected chi connectivity index (χ2v) is 6.98. The molecule has 0 saturated heterocycles. The van der Waals surface area contributed by atoms with E-state index < -0.39 is 0 Å². The van der Waals surface area contributed by atoms with E-state index >= 15 is 0 Å². The first-order valence-electron chi connectivity index (χ1n) is 7.88. The van der Waals surface area contributed by atoms with Gasteiger partial charge >= 0.3 is 0 Å². The van der Waals surface area contributed by atoms with Crippen LogP contribution in [0.5, 0.6) is 11.5 Å². The highest BCUT2D eigenvalue weighted by Gasteiger charge is 2.30. The topological polar surface area (TPSA) is 58.4 Å². The minimum absolute atomic E-state index is 0.0383. The molecule has 1 aliphatic rings. The molecule has 0 N–H and O–H groups in total. The van der Waals surface area contributed by atoms with Crippen LogP contribution in [0.25, 0.3) is 0 Å². The van der Waals surface area contributed by atoms with E-state index in [0.29, 0.717) is 23.9 Å². The average Bonchev–Trinajstić information content (AvgIpc) is 2.64. The van der Waals surface area contributed by atoms with Gasteiger partial charge in [-0.25, -0.2) is 4.98 Å². The fourth-order valence-electron chi connectivity index (χ4n) is 3.22. The maximum Gasteiger partial charge on any atom is 0.161 e. The van der Waals surface area contributed by atoms with Crippen molar-refractivity contribution >= 4 is 40.6 Å². The summed E-state index contributed by atoms with van der Waals surface area (Å²) in [5.41, 5.74) is 2.34. The number of hydrogen-bond donors (Lipinski definition) is 0. The number of halogens is 3. The SMILES string of the molecule is COc1cc2c(cc1OC)C(C)N(c1nc(Cl)c(C#N)c(Cl)c1Cl)CC2. The van der Waals surface area contributed by atoms with E-state index in [1.54, 1.807) is 14.2 Å². The largest absolute Gasteiger partial charge is 0.493 e. The molecule has 26 heavy (non-hydrogen) atoms. The van der Waals surface area contributed by atoms with Crippen molar-refractivity contribution in [1.29, 1.82) is 5.26 Å². The molecule has 0 fully saturated rings. The van der Waals surface area contributed by atoms with Gasteiger partial charge in [0.2, 0.25) is 0 Å². The molecule has 2 heterocycles. The molecule has 8 heteroatoms. The van der Waals surface area contributed by atoms with Gasteiger partial charge in [-0.3, -0.25) is 0 Å². The summed E-state index contributed by atoms with van der Waals surface area (Å²) in [6, 6.07) is 5.85. The molecule has 0 bridgehead atoms. The number of aromatic nitrogens is 1. The van der Waals surface area contributed by atoms with E-state index in [1.807, 2.05) is 30.0 Å². The van der Waals surface area contributed by atoms with Gasteiger partial charge in [0.1, 0.15) is 16.7 Å². The Hall–Kier alpha value is -1.87. The Morgan fingerprint density at radius 2 is 1.81 bits per heavy atom. The zero-order valence-corrected chi connectivity index (χ0v) is 16.7. The van der Waals surface area contributed by atoms with E-state index in [-0.39, 0.29) is 26.8 Å². The lowest BCUT2D eigenvalue weighted by molar-refractivity contribution is 0.353. The molecule has 0 radical (unpaired) electrons. The van der Waals surface area contributed by atoms with Crippen LogP contribution in [0.4, 0.5) is 5.82 Å². The number of ether oxygens (including phenoxy) is 2. The average molecular weight is 413 g/mol. The summed E-state index contributed by atoms with van der Waals surface area (Å²) >= 11 is 18.7. The molecule has 3 rings (SSSR count). The molecule has 1 unspecified atom stereocenters. The van der Waals surface area contributed by atoms with Crippen LogP contribution in [0.1, 0.15) is 29.7 Å². The lowest BCUT2D eigenvalue weighted by Crippen LogP contribution is -2.35. The number of methoxy groups -OCH3 is 2. The lowest BCUT2D eigenvalue weighted by Gasteiger charge is -2.37. The number of hydrogen-bond acceptors (Lipinski definition) is 5. The van der Waals surface area contributed by atoms with Crippen LogP contribution in [-0.4, -0.2) is 25.7 Å². The molecule has 0 spiro atoms. The van der Waals surface area contributed by atoms with Crippen molar-refractivity contribution in [2.24, 2.45) is 0 Å². The monoisotopic (exact) mass is 411 g/mol. The lowest BCUT2D eigenvalue weighted by atomic mass is 9.92. The van der Waals surface area contributed by atoms with E-state index in [4.69, 9.17) is 49.5 Å². The van der Waals surface area contributed by atoms with Gasteiger partial charge in [-0.1, -0.05) is 34.8 Å². The second kappa shape index (κ2) is 7.40. The molecule has 0 aliphatic carbocycles. The van der Waals surface area contributed by atoms with E-state index in [9.17, 15) is 0 Å². The van der Waals surface area contributed by atoms with Gasteiger partial charge in [0.05, 0.1) is 25.3 Å². The number of pyridine rings is 1. The zero-order valence-electron chi connectivity index (χ0n) is 14.4. The number of benzene rings is 1. The number of fused-ring (bicyclic) bond motifs is 1. The van der Waals surface area contributed by atoms with Gasteiger partial charge in [0.25, 0.3) is 0 Å². The van der Waals surface area contributed by atoms with Crippen molar-refractivity contribution in [3.63, 3.8) is 0 Å². The normalized spacial score (nSPS) is 16.0. The summed E-state index contributed by atoms with van der Waals surface area (Å²) in [6.45, 7) is 2.72. The maximum absolute atomic E-state index is 9.16. The summed E-state index contributed by atoms with van der Waals surface area (Å²) in [7, 11) is 3.22. The van der Waals surface area contributed by atoms with Crippen molar-refractivity contribution in [3.8, 4) is 17.6 Å². The third-order valence-electron chi connectivity index (χ3n) is 4.59. The summed E-state index contributed by atoms with van der Waals surface area (Å²) in [4.78, 5) is 6.35. The molecule has 2 aromatic rings. The van der Waals surface area contributed by atoms with Gasteiger partial charge in [0, 0.05) is 6.54 Å². The number of rotatable bonds is 3. The summed E-state index contributed by atoms with van der Waals surface area (Å²) in [6.07, 6.45) is 0.771. The summed E-state index contributed by atoms with van der Waals surface area (Å²) in [5.74, 6) is 1.83. The van der Waals surface area contributed by atoms with Crippen LogP contribution in [0.2, 0.25) is 15.2 Å². The van der Waals surface area contributed by atoms with Gasteiger partial charge in [-0.05, 0) is 36.6 Å². The smallest absolute Gasteiger partial charge is 0.161 e. The minimum Gasteiger partial charge on any atom is -0.493 e. The highest BCUT2D eigenvalue weighted by atomic mass is 35.5. The molecule has 5 nitrogen and oxygen atoms in total. The van der Waals surface area contributed by atoms with Crippen LogP contribution >= 0.6 is 34.8 Å². The van der Waals surface area contributed by atoms with E-state index in [2.05, 4.69) is 4.98 Å². The fourth-order valence-corrected chi connectivity index (χ4v) is 3.94. The van der Waals surface area contributed by atoms with Crippen LogP contribution in [0.15, 0.2) is 12.1 Å². The van der Waals surface area contributed by atoms with E-state index in [1.165, 1.54) is 5.56 Å². The van der Waals surface area contributed by atoms with Crippen molar-refractivity contribution in [1.82, 2.24) is 4.98 Å². The van der Waals surface area contributed by atoms with Crippen LogP contribution in [0.3, 0.4) is 0 Å².